The van der Waals surface area contributed by atoms with Gasteiger partial charge in [0.2, 0.25) is 11.8 Å². The highest BCUT2D eigenvalue weighted by Gasteiger charge is 2.32. The topological polar surface area (TPSA) is 83.4 Å². The van der Waals surface area contributed by atoms with Gasteiger partial charge in [-0.3, -0.25) is 14.4 Å². The van der Waals surface area contributed by atoms with Crippen LogP contribution in [0, 0.1) is 5.92 Å². The summed E-state index contributed by atoms with van der Waals surface area (Å²) >= 11 is 0. The third-order valence-corrected chi connectivity index (χ3v) is 7.29. The van der Waals surface area contributed by atoms with Gasteiger partial charge in [-0.2, -0.15) is 0 Å². The maximum absolute atomic E-state index is 13.4. The fourth-order valence-corrected chi connectivity index (χ4v) is 5.16. The molecule has 0 radical (unpaired) electrons. The fraction of sp³-hybridized carbons (Fsp3) is 0.519. The van der Waals surface area contributed by atoms with E-state index < -0.39 is 6.04 Å². The molecule has 34 heavy (non-hydrogen) atoms. The molecule has 1 aliphatic carbocycles. The number of nitrogens with zero attached hydrogens (tertiary/aromatic N) is 2. The zero-order valence-electron chi connectivity index (χ0n) is 20.3. The van der Waals surface area contributed by atoms with Gasteiger partial charge in [0.25, 0.3) is 5.91 Å². The van der Waals surface area contributed by atoms with Gasteiger partial charge in [-0.05, 0) is 48.9 Å². The predicted molar refractivity (Wildman–Crippen MR) is 132 cm³/mol. The average molecular weight is 465 g/mol. The summed E-state index contributed by atoms with van der Waals surface area (Å²) in [6.07, 6.45) is 9.19. The van der Waals surface area contributed by atoms with Gasteiger partial charge in [-0.15, -0.1) is 0 Å². The Morgan fingerprint density at radius 2 is 1.71 bits per heavy atom. The van der Waals surface area contributed by atoms with Crippen LogP contribution in [0.15, 0.2) is 36.5 Å². The van der Waals surface area contributed by atoms with Gasteiger partial charge in [0.15, 0.2) is 0 Å². The number of carbonyl (C=O) groups excluding carboxylic acids is 3. The van der Waals surface area contributed by atoms with Crippen LogP contribution in [0.5, 0.6) is 0 Å². The van der Waals surface area contributed by atoms with Gasteiger partial charge in [0, 0.05) is 31.9 Å². The molecule has 1 aromatic carbocycles. The third-order valence-electron chi connectivity index (χ3n) is 7.29. The first kappa shape index (κ1) is 24.0. The summed E-state index contributed by atoms with van der Waals surface area (Å²) in [5.74, 6) is -0.301. The van der Waals surface area contributed by atoms with Gasteiger partial charge < -0.3 is 20.1 Å². The lowest BCUT2D eigenvalue weighted by Gasteiger charge is -2.29. The number of nitrogens with one attached hydrogen (secondary N) is 2. The molecule has 2 aromatic rings. The summed E-state index contributed by atoms with van der Waals surface area (Å²) in [6, 6.07) is 9.08. The second-order valence-electron chi connectivity index (χ2n) is 9.55. The van der Waals surface area contributed by atoms with Crippen molar-refractivity contribution in [3.63, 3.8) is 0 Å². The second kappa shape index (κ2) is 10.9. The maximum Gasteiger partial charge on any atom is 0.253 e. The SMILES string of the molecule is CCc1ccc(NC(=O)C(NC(=O)c2ccn3c2CN(C(C)=O)CC3)C2CCCCCC2)cc1. The van der Waals surface area contributed by atoms with Gasteiger partial charge in [-0.1, -0.05) is 44.7 Å². The van der Waals surface area contributed by atoms with Gasteiger partial charge in [0.05, 0.1) is 17.8 Å². The molecule has 3 amide bonds. The Morgan fingerprint density at radius 1 is 1.00 bits per heavy atom. The quantitative estimate of drug-likeness (QED) is 0.631. The lowest BCUT2D eigenvalue weighted by molar-refractivity contribution is -0.130. The van der Waals surface area contributed by atoms with E-state index in [1.54, 1.807) is 17.9 Å². The molecule has 2 N–H and O–H groups in total. The minimum Gasteiger partial charge on any atom is -0.347 e. The van der Waals surface area contributed by atoms with E-state index in [-0.39, 0.29) is 23.6 Å². The Kier molecular flexibility index (Phi) is 7.70. The fourth-order valence-electron chi connectivity index (χ4n) is 5.16. The number of carbonyl (C=O) groups is 3. The number of aromatic nitrogens is 1. The number of amides is 3. The van der Waals surface area contributed by atoms with Crippen LogP contribution in [-0.2, 0) is 29.1 Å². The molecule has 1 unspecified atom stereocenters. The highest BCUT2D eigenvalue weighted by atomic mass is 16.2. The Hall–Kier alpha value is -3.09. The number of benzene rings is 1. The summed E-state index contributed by atoms with van der Waals surface area (Å²) in [7, 11) is 0. The zero-order valence-corrected chi connectivity index (χ0v) is 20.3. The molecule has 7 heteroatoms. The zero-order chi connectivity index (χ0) is 24.1. The molecule has 1 saturated carbocycles. The van der Waals surface area contributed by atoms with Crippen LogP contribution in [0.2, 0.25) is 0 Å². The van der Waals surface area contributed by atoms with Gasteiger partial charge >= 0.3 is 0 Å². The molecule has 1 atom stereocenters. The van der Waals surface area contributed by atoms with Crippen LogP contribution in [0.1, 0.15) is 74.0 Å². The Balaban J connectivity index is 1.53. The number of aryl methyl sites for hydroxylation is 1. The summed E-state index contributed by atoms with van der Waals surface area (Å²) in [5.41, 5.74) is 3.33. The standard InChI is InChI=1S/C27H36N4O3/c1-3-20-10-12-22(13-11-20)28-27(34)25(21-8-6-4-5-7-9-21)29-26(33)23-14-15-30-16-17-31(19(2)32)18-24(23)30/h10-15,21,25H,3-9,16-18H2,1-2H3,(H,28,34)(H,29,33). The first-order valence-corrected chi connectivity index (χ1v) is 12.6. The van der Waals surface area contributed by atoms with Crippen LogP contribution in [0.3, 0.4) is 0 Å². The van der Waals surface area contributed by atoms with Gasteiger partial charge in [-0.25, -0.2) is 0 Å². The number of fused-ring (bicyclic) bond motifs is 1. The van der Waals surface area contributed by atoms with Crippen molar-refractivity contribution in [1.29, 1.82) is 0 Å². The first-order valence-electron chi connectivity index (χ1n) is 12.6. The molecule has 0 spiro atoms. The minimum atomic E-state index is -0.598. The molecule has 1 aromatic heterocycles. The molecule has 1 fully saturated rings. The highest BCUT2D eigenvalue weighted by Crippen LogP contribution is 2.27. The van der Waals surface area contributed by atoms with E-state index in [1.165, 1.54) is 18.4 Å². The summed E-state index contributed by atoms with van der Waals surface area (Å²) in [6.45, 7) is 5.37. The van der Waals surface area contributed by atoms with Crippen molar-refractivity contribution >= 4 is 23.4 Å². The first-order chi connectivity index (χ1) is 16.5. The van der Waals surface area contributed by atoms with Crippen LogP contribution >= 0.6 is 0 Å². The van der Waals surface area contributed by atoms with E-state index in [2.05, 4.69) is 17.6 Å². The molecule has 1 aliphatic heterocycles. The largest absolute Gasteiger partial charge is 0.347 e. The molecule has 0 saturated heterocycles. The monoisotopic (exact) mass is 464 g/mol. The number of rotatable bonds is 6. The van der Waals surface area contributed by atoms with Crippen molar-refractivity contribution < 1.29 is 14.4 Å². The maximum atomic E-state index is 13.4. The number of hydrogen-bond donors (Lipinski definition) is 2. The van der Waals surface area contributed by atoms with Crippen molar-refractivity contribution in [2.75, 3.05) is 11.9 Å². The van der Waals surface area contributed by atoms with Crippen molar-refractivity contribution in [2.45, 2.75) is 77.9 Å². The van der Waals surface area contributed by atoms with Crippen LogP contribution < -0.4 is 10.6 Å². The van der Waals surface area contributed by atoms with Crippen molar-refractivity contribution in [3.8, 4) is 0 Å². The molecule has 2 heterocycles. The van der Waals surface area contributed by atoms with Crippen LogP contribution in [0.25, 0.3) is 0 Å². The molecule has 2 aliphatic rings. The van der Waals surface area contributed by atoms with Crippen LogP contribution in [-0.4, -0.2) is 39.8 Å². The van der Waals surface area contributed by atoms with E-state index in [9.17, 15) is 14.4 Å². The van der Waals surface area contributed by atoms with E-state index >= 15 is 0 Å². The highest BCUT2D eigenvalue weighted by molar-refractivity contribution is 6.02. The average Bonchev–Trinajstić information content (AvgIpc) is 3.08. The van der Waals surface area contributed by atoms with Crippen molar-refractivity contribution in [3.05, 3.63) is 53.3 Å². The van der Waals surface area contributed by atoms with E-state index in [1.807, 2.05) is 35.0 Å². The van der Waals surface area contributed by atoms with E-state index in [0.29, 0.717) is 25.2 Å². The normalized spacial score (nSPS) is 17.4. The summed E-state index contributed by atoms with van der Waals surface area (Å²) < 4.78 is 2.03. The third kappa shape index (κ3) is 5.51. The molecule has 4 rings (SSSR count). The Labute approximate surface area is 201 Å². The summed E-state index contributed by atoms with van der Waals surface area (Å²) in [5, 5.41) is 6.12. The molecular formula is C27H36N4O3. The molecule has 182 valence electrons. The second-order valence-corrected chi connectivity index (χ2v) is 9.55. The lowest BCUT2D eigenvalue weighted by atomic mass is 9.90. The van der Waals surface area contributed by atoms with Crippen molar-refractivity contribution in [2.24, 2.45) is 5.92 Å². The number of hydrogen-bond acceptors (Lipinski definition) is 3. The minimum absolute atomic E-state index is 0.00334. The van der Waals surface area contributed by atoms with E-state index in [0.717, 1.165) is 43.5 Å². The summed E-state index contributed by atoms with van der Waals surface area (Å²) in [4.78, 5) is 40.5. The van der Waals surface area contributed by atoms with Gasteiger partial charge in [0.1, 0.15) is 6.04 Å². The number of anilines is 1. The smallest absolute Gasteiger partial charge is 0.253 e. The molecule has 7 nitrogen and oxygen atoms in total. The lowest BCUT2D eigenvalue weighted by Crippen LogP contribution is -2.49. The Bertz CT molecular complexity index is 1020. The predicted octanol–water partition coefficient (Wildman–Crippen LogP) is 4.12. The molecular weight excluding hydrogens is 428 g/mol. The Morgan fingerprint density at radius 3 is 2.35 bits per heavy atom. The van der Waals surface area contributed by atoms with Crippen molar-refractivity contribution in [1.82, 2.24) is 14.8 Å². The molecule has 0 bridgehead atoms. The van der Waals surface area contributed by atoms with E-state index in [4.69, 9.17) is 0 Å². The van der Waals surface area contributed by atoms with Crippen LogP contribution in [0.4, 0.5) is 5.69 Å².